The number of benzene rings is 1. The molecule has 1 aliphatic heterocycles. The van der Waals surface area contributed by atoms with E-state index in [-0.39, 0.29) is 0 Å². The number of hydrogen-bond acceptors (Lipinski definition) is 3. The van der Waals surface area contributed by atoms with E-state index < -0.39 is 5.91 Å². The third kappa shape index (κ3) is 2.64. The molecule has 2 aromatic rings. The number of pyridine rings is 1. The fraction of sp³-hybridized carbons (Fsp3) is 0.250. The Morgan fingerprint density at radius 2 is 2.20 bits per heavy atom. The number of primary amides is 1. The van der Waals surface area contributed by atoms with Crippen molar-refractivity contribution in [2.45, 2.75) is 12.8 Å². The number of para-hydroxylation sites is 1. The van der Waals surface area contributed by atoms with Crippen molar-refractivity contribution in [1.82, 2.24) is 4.98 Å². The number of carbonyl (C=O) groups is 1. The lowest BCUT2D eigenvalue weighted by atomic mass is 9.92. The molecule has 0 unspecified atom stereocenters. The Labute approximate surface area is 117 Å². The van der Waals surface area contributed by atoms with Crippen molar-refractivity contribution in [3.8, 4) is 5.75 Å². The quantitative estimate of drug-likeness (QED) is 0.925. The third-order valence-corrected chi connectivity index (χ3v) is 3.55. The van der Waals surface area contributed by atoms with Gasteiger partial charge in [0, 0.05) is 23.4 Å². The third-order valence-electron chi connectivity index (χ3n) is 3.55. The van der Waals surface area contributed by atoms with Crippen LogP contribution in [-0.2, 0) is 12.8 Å². The smallest absolute Gasteiger partial charge is 0.248 e. The van der Waals surface area contributed by atoms with Gasteiger partial charge in [0.15, 0.2) is 0 Å². The second-order valence-corrected chi connectivity index (χ2v) is 5.09. The molecule has 4 nitrogen and oxygen atoms in total. The molecular weight excluding hydrogens is 252 g/mol. The van der Waals surface area contributed by atoms with Crippen LogP contribution in [-0.4, -0.2) is 17.5 Å². The van der Waals surface area contributed by atoms with Crippen LogP contribution in [0.3, 0.4) is 0 Å². The van der Waals surface area contributed by atoms with E-state index in [1.165, 1.54) is 5.56 Å². The summed E-state index contributed by atoms with van der Waals surface area (Å²) in [7, 11) is 0. The molecule has 2 N–H and O–H groups in total. The summed E-state index contributed by atoms with van der Waals surface area (Å²) in [5, 5.41) is 0. The summed E-state index contributed by atoms with van der Waals surface area (Å²) in [6.07, 6.45) is 3.39. The second-order valence-electron chi connectivity index (χ2n) is 5.09. The van der Waals surface area contributed by atoms with Gasteiger partial charge in [-0.15, -0.1) is 0 Å². The van der Waals surface area contributed by atoms with Gasteiger partial charge in [-0.05, 0) is 36.6 Å². The summed E-state index contributed by atoms with van der Waals surface area (Å²) in [5.74, 6) is 0.932. The van der Waals surface area contributed by atoms with Crippen molar-refractivity contribution in [1.29, 1.82) is 0 Å². The van der Waals surface area contributed by atoms with E-state index in [9.17, 15) is 4.79 Å². The number of ether oxygens (including phenoxy) is 1. The zero-order chi connectivity index (χ0) is 13.9. The van der Waals surface area contributed by atoms with Crippen LogP contribution >= 0.6 is 0 Å². The van der Waals surface area contributed by atoms with Gasteiger partial charge in [0.05, 0.1) is 6.61 Å². The van der Waals surface area contributed by atoms with Crippen molar-refractivity contribution in [3.05, 3.63) is 59.4 Å². The molecule has 0 aliphatic carbocycles. The summed E-state index contributed by atoms with van der Waals surface area (Å²) in [6, 6.07) is 11.5. The number of aromatic nitrogens is 1. The SMILES string of the molecule is NC(=O)c1ccnc(C[C@H]2COc3ccccc3C2)c1. The molecule has 0 fully saturated rings. The topological polar surface area (TPSA) is 65.2 Å². The number of hydrogen-bond donors (Lipinski definition) is 1. The van der Waals surface area contributed by atoms with Crippen LogP contribution in [0.5, 0.6) is 5.75 Å². The number of nitrogens with two attached hydrogens (primary N) is 1. The Balaban J connectivity index is 1.73. The molecule has 1 aliphatic rings. The monoisotopic (exact) mass is 268 g/mol. The largest absolute Gasteiger partial charge is 0.493 e. The lowest BCUT2D eigenvalue weighted by Gasteiger charge is -2.25. The Bertz CT molecular complexity index is 640. The van der Waals surface area contributed by atoms with Gasteiger partial charge in [-0.2, -0.15) is 0 Å². The van der Waals surface area contributed by atoms with Crippen molar-refractivity contribution in [3.63, 3.8) is 0 Å². The van der Waals surface area contributed by atoms with E-state index in [1.54, 1.807) is 18.3 Å². The Morgan fingerprint density at radius 3 is 3.05 bits per heavy atom. The molecule has 1 aromatic carbocycles. The molecule has 0 saturated heterocycles. The Hall–Kier alpha value is -2.36. The second kappa shape index (κ2) is 5.33. The fourth-order valence-electron chi connectivity index (χ4n) is 2.56. The van der Waals surface area contributed by atoms with E-state index in [0.29, 0.717) is 18.1 Å². The standard InChI is InChI=1S/C16H16N2O2/c17-16(19)13-5-6-18-14(9-13)8-11-7-12-3-1-2-4-15(12)20-10-11/h1-6,9,11H,7-8,10H2,(H2,17,19)/t11-/m0/s1. The summed E-state index contributed by atoms with van der Waals surface area (Å²) in [5.41, 5.74) is 7.91. The van der Waals surface area contributed by atoms with Gasteiger partial charge < -0.3 is 10.5 Å². The zero-order valence-electron chi connectivity index (χ0n) is 11.1. The van der Waals surface area contributed by atoms with E-state index >= 15 is 0 Å². The van der Waals surface area contributed by atoms with Gasteiger partial charge in [-0.3, -0.25) is 9.78 Å². The fourth-order valence-corrected chi connectivity index (χ4v) is 2.56. The zero-order valence-corrected chi connectivity index (χ0v) is 11.1. The van der Waals surface area contributed by atoms with Crippen LogP contribution in [0.2, 0.25) is 0 Å². The minimum absolute atomic E-state index is 0.375. The molecule has 3 rings (SSSR count). The van der Waals surface area contributed by atoms with Crippen molar-refractivity contribution in [2.24, 2.45) is 11.7 Å². The summed E-state index contributed by atoms with van der Waals surface area (Å²) >= 11 is 0. The number of rotatable bonds is 3. The van der Waals surface area contributed by atoms with Crippen LogP contribution < -0.4 is 10.5 Å². The highest BCUT2D eigenvalue weighted by Crippen LogP contribution is 2.28. The highest BCUT2D eigenvalue weighted by molar-refractivity contribution is 5.92. The number of nitrogens with zero attached hydrogens (tertiary/aromatic N) is 1. The van der Waals surface area contributed by atoms with Gasteiger partial charge in [-0.25, -0.2) is 0 Å². The normalized spacial score (nSPS) is 17.1. The van der Waals surface area contributed by atoms with E-state index in [4.69, 9.17) is 10.5 Å². The summed E-state index contributed by atoms with van der Waals surface area (Å²) < 4.78 is 5.77. The van der Waals surface area contributed by atoms with Crippen LogP contribution in [0.4, 0.5) is 0 Å². The molecule has 1 aromatic heterocycles. The first-order valence-corrected chi connectivity index (χ1v) is 6.68. The van der Waals surface area contributed by atoms with Crippen LogP contribution in [0.25, 0.3) is 0 Å². The molecule has 0 spiro atoms. The molecule has 2 heterocycles. The molecule has 0 radical (unpaired) electrons. The van der Waals surface area contributed by atoms with Gasteiger partial charge in [0.25, 0.3) is 0 Å². The number of fused-ring (bicyclic) bond motifs is 1. The van der Waals surface area contributed by atoms with Crippen molar-refractivity contribution in [2.75, 3.05) is 6.61 Å². The molecule has 4 heteroatoms. The first-order valence-electron chi connectivity index (χ1n) is 6.68. The summed E-state index contributed by atoms with van der Waals surface area (Å²) in [6.45, 7) is 0.680. The van der Waals surface area contributed by atoms with Crippen molar-refractivity contribution >= 4 is 5.91 Å². The predicted molar refractivity (Wildman–Crippen MR) is 75.6 cm³/mol. The highest BCUT2D eigenvalue weighted by atomic mass is 16.5. The highest BCUT2D eigenvalue weighted by Gasteiger charge is 2.20. The average molecular weight is 268 g/mol. The molecule has 20 heavy (non-hydrogen) atoms. The van der Waals surface area contributed by atoms with Crippen LogP contribution in [0.15, 0.2) is 42.6 Å². The molecule has 1 amide bonds. The molecular formula is C16H16N2O2. The van der Waals surface area contributed by atoms with Gasteiger partial charge in [0.1, 0.15) is 5.75 Å². The maximum atomic E-state index is 11.2. The van der Waals surface area contributed by atoms with Crippen LogP contribution in [0, 0.1) is 5.92 Å². The molecule has 0 bridgehead atoms. The average Bonchev–Trinajstić information content (AvgIpc) is 2.47. The molecule has 1 atom stereocenters. The van der Waals surface area contributed by atoms with Crippen molar-refractivity contribution < 1.29 is 9.53 Å². The first kappa shape index (κ1) is 12.7. The number of amides is 1. The predicted octanol–water partition coefficient (Wildman–Crippen LogP) is 1.97. The number of carbonyl (C=O) groups excluding carboxylic acids is 1. The van der Waals surface area contributed by atoms with Gasteiger partial charge in [-0.1, -0.05) is 18.2 Å². The van der Waals surface area contributed by atoms with Gasteiger partial charge in [0.2, 0.25) is 5.91 Å². The first-order chi connectivity index (χ1) is 9.72. The van der Waals surface area contributed by atoms with E-state index in [2.05, 4.69) is 11.1 Å². The van der Waals surface area contributed by atoms with Crippen LogP contribution in [0.1, 0.15) is 21.6 Å². The minimum atomic E-state index is -0.418. The van der Waals surface area contributed by atoms with E-state index in [0.717, 1.165) is 24.3 Å². The van der Waals surface area contributed by atoms with Gasteiger partial charge >= 0.3 is 0 Å². The Morgan fingerprint density at radius 1 is 1.35 bits per heavy atom. The lowest BCUT2D eigenvalue weighted by Crippen LogP contribution is -2.23. The lowest BCUT2D eigenvalue weighted by molar-refractivity contribution is 0.1000. The minimum Gasteiger partial charge on any atom is -0.493 e. The summed E-state index contributed by atoms with van der Waals surface area (Å²) in [4.78, 5) is 15.5. The van der Waals surface area contributed by atoms with E-state index in [1.807, 2.05) is 18.2 Å². The maximum Gasteiger partial charge on any atom is 0.248 e. The molecule has 0 saturated carbocycles. The Kier molecular flexibility index (Phi) is 3.37. The maximum absolute atomic E-state index is 11.2. The molecule has 102 valence electrons.